The molecule has 0 saturated heterocycles. The summed E-state index contributed by atoms with van der Waals surface area (Å²) in [5.41, 5.74) is 2.49. The molecule has 7 heteroatoms. The van der Waals surface area contributed by atoms with Gasteiger partial charge in [0.2, 0.25) is 0 Å². The van der Waals surface area contributed by atoms with Crippen LogP contribution >= 0.6 is 15.9 Å². The molecule has 3 aromatic rings. The highest BCUT2D eigenvalue weighted by Crippen LogP contribution is 2.18. The van der Waals surface area contributed by atoms with Crippen molar-refractivity contribution in [2.45, 2.75) is 13.2 Å². The lowest BCUT2D eigenvalue weighted by atomic mass is 10.1. The summed E-state index contributed by atoms with van der Waals surface area (Å²) in [4.78, 5) is 12.3. The van der Waals surface area contributed by atoms with Crippen LogP contribution in [0.3, 0.4) is 0 Å². The van der Waals surface area contributed by atoms with Crippen LogP contribution in [-0.2, 0) is 20.2 Å². The van der Waals surface area contributed by atoms with E-state index in [1.165, 1.54) is 0 Å². The topological polar surface area (TPSA) is 65.4 Å². The zero-order chi connectivity index (χ0) is 19.2. The minimum atomic E-state index is -0.134. The number of amides is 1. The zero-order valence-corrected chi connectivity index (χ0v) is 16.7. The van der Waals surface area contributed by atoms with Crippen molar-refractivity contribution in [3.05, 3.63) is 76.0 Å². The Bertz CT molecular complexity index is 886. The molecule has 1 N–H and O–H groups in total. The van der Waals surface area contributed by atoms with Gasteiger partial charge in [-0.2, -0.15) is 5.10 Å². The summed E-state index contributed by atoms with van der Waals surface area (Å²) in [6.45, 7) is 0.828. The predicted octanol–water partition coefficient (Wildman–Crippen LogP) is 3.70. The summed E-state index contributed by atoms with van der Waals surface area (Å²) in [7, 11) is 3.47. The molecule has 0 aliphatic heterocycles. The van der Waals surface area contributed by atoms with Crippen LogP contribution in [0.2, 0.25) is 0 Å². The van der Waals surface area contributed by atoms with Crippen LogP contribution in [0.25, 0.3) is 0 Å². The lowest BCUT2D eigenvalue weighted by molar-refractivity contribution is 0.0950. The van der Waals surface area contributed by atoms with E-state index in [0.29, 0.717) is 18.7 Å². The van der Waals surface area contributed by atoms with Crippen molar-refractivity contribution in [3.63, 3.8) is 0 Å². The Kier molecular flexibility index (Phi) is 6.13. The largest absolute Gasteiger partial charge is 0.497 e. The maximum Gasteiger partial charge on any atom is 0.251 e. The van der Waals surface area contributed by atoms with Gasteiger partial charge in [0.1, 0.15) is 18.1 Å². The van der Waals surface area contributed by atoms with E-state index in [1.807, 2.05) is 43.4 Å². The number of aromatic nitrogens is 2. The number of nitrogens with zero attached hydrogens (tertiary/aromatic N) is 2. The lowest BCUT2D eigenvalue weighted by Gasteiger charge is -2.09. The second kappa shape index (κ2) is 8.73. The third-order valence-corrected chi connectivity index (χ3v) is 4.77. The number of rotatable bonds is 7. The molecule has 0 bridgehead atoms. The SMILES string of the molecule is COc1ccc(OCc2ccc(C(=O)NCc3c(Br)cnn3C)cc2)cc1. The highest BCUT2D eigenvalue weighted by Gasteiger charge is 2.10. The fraction of sp³-hybridized carbons (Fsp3) is 0.200. The molecule has 0 fully saturated rings. The van der Waals surface area contributed by atoms with E-state index in [9.17, 15) is 4.79 Å². The number of benzene rings is 2. The number of methoxy groups -OCH3 is 1. The monoisotopic (exact) mass is 429 g/mol. The normalized spacial score (nSPS) is 10.5. The molecule has 27 heavy (non-hydrogen) atoms. The number of carbonyl (C=O) groups excluding carboxylic acids is 1. The van der Waals surface area contributed by atoms with Gasteiger partial charge in [0.25, 0.3) is 5.91 Å². The van der Waals surface area contributed by atoms with Crippen molar-refractivity contribution in [1.82, 2.24) is 15.1 Å². The van der Waals surface area contributed by atoms with E-state index in [4.69, 9.17) is 9.47 Å². The first-order valence-corrected chi connectivity index (χ1v) is 9.16. The minimum Gasteiger partial charge on any atom is -0.497 e. The molecule has 6 nitrogen and oxygen atoms in total. The first kappa shape index (κ1) is 19.0. The van der Waals surface area contributed by atoms with Crippen molar-refractivity contribution in [2.24, 2.45) is 7.05 Å². The average molecular weight is 430 g/mol. The van der Waals surface area contributed by atoms with Crippen LogP contribution < -0.4 is 14.8 Å². The predicted molar refractivity (Wildman–Crippen MR) is 106 cm³/mol. The van der Waals surface area contributed by atoms with Crippen LogP contribution in [0, 0.1) is 0 Å². The van der Waals surface area contributed by atoms with Gasteiger partial charge in [0.15, 0.2) is 0 Å². The smallest absolute Gasteiger partial charge is 0.251 e. The molecule has 0 atom stereocenters. The molecule has 0 saturated carbocycles. The maximum atomic E-state index is 12.3. The van der Waals surface area contributed by atoms with Gasteiger partial charge in [-0.05, 0) is 57.9 Å². The number of ether oxygens (including phenoxy) is 2. The number of halogens is 1. The number of carbonyl (C=O) groups is 1. The van der Waals surface area contributed by atoms with Crippen LogP contribution in [0.4, 0.5) is 0 Å². The Hall–Kier alpha value is -2.80. The number of hydrogen-bond donors (Lipinski definition) is 1. The Morgan fingerprint density at radius 1 is 1.11 bits per heavy atom. The number of hydrogen-bond acceptors (Lipinski definition) is 4. The third-order valence-electron chi connectivity index (χ3n) is 4.11. The van der Waals surface area contributed by atoms with E-state index in [-0.39, 0.29) is 5.91 Å². The first-order valence-electron chi connectivity index (χ1n) is 8.37. The van der Waals surface area contributed by atoms with Crippen LogP contribution in [0.1, 0.15) is 21.6 Å². The van der Waals surface area contributed by atoms with Gasteiger partial charge in [0.05, 0.1) is 30.0 Å². The molecule has 0 spiro atoms. The number of aryl methyl sites for hydroxylation is 1. The maximum absolute atomic E-state index is 12.3. The van der Waals surface area contributed by atoms with Gasteiger partial charge in [-0.3, -0.25) is 9.48 Å². The van der Waals surface area contributed by atoms with E-state index in [1.54, 1.807) is 30.1 Å². The van der Waals surface area contributed by atoms with Gasteiger partial charge in [-0.25, -0.2) is 0 Å². The van der Waals surface area contributed by atoms with Gasteiger partial charge in [-0.15, -0.1) is 0 Å². The Morgan fingerprint density at radius 2 is 1.78 bits per heavy atom. The Labute approximate surface area is 166 Å². The van der Waals surface area contributed by atoms with Crippen molar-refractivity contribution in [3.8, 4) is 11.5 Å². The van der Waals surface area contributed by atoms with Gasteiger partial charge >= 0.3 is 0 Å². The van der Waals surface area contributed by atoms with E-state index in [0.717, 1.165) is 27.2 Å². The van der Waals surface area contributed by atoms with Crippen molar-refractivity contribution in [1.29, 1.82) is 0 Å². The molecule has 0 radical (unpaired) electrons. The molecule has 1 heterocycles. The van der Waals surface area contributed by atoms with Crippen LogP contribution in [0.5, 0.6) is 11.5 Å². The molecule has 0 aliphatic rings. The summed E-state index contributed by atoms with van der Waals surface area (Å²) in [5, 5.41) is 7.03. The Balaban J connectivity index is 1.53. The second-order valence-electron chi connectivity index (χ2n) is 5.91. The van der Waals surface area contributed by atoms with Crippen molar-refractivity contribution < 1.29 is 14.3 Å². The summed E-state index contributed by atoms with van der Waals surface area (Å²) in [6.07, 6.45) is 1.71. The molecule has 0 unspecified atom stereocenters. The second-order valence-corrected chi connectivity index (χ2v) is 6.76. The highest BCUT2D eigenvalue weighted by molar-refractivity contribution is 9.10. The minimum absolute atomic E-state index is 0.134. The van der Waals surface area contributed by atoms with E-state index in [2.05, 4.69) is 26.3 Å². The summed E-state index contributed by atoms with van der Waals surface area (Å²) in [5.74, 6) is 1.42. The van der Waals surface area contributed by atoms with Crippen LogP contribution in [0.15, 0.2) is 59.2 Å². The molecule has 1 aromatic heterocycles. The highest BCUT2D eigenvalue weighted by atomic mass is 79.9. The molecular weight excluding hydrogens is 410 g/mol. The standard InChI is InChI=1S/C20H20BrN3O3/c1-24-19(18(21)11-23-24)12-22-20(25)15-5-3-14(4-6-15)13-27-17-9-7-16(26-2)8-10-17/h3-11H,12-13H2,1-2H3,(H,22,25). The van der Waals surface area contributed by atoms with E-state index < -0.39 is 0 Å². The Morgan fingerprint density at radius 3 is 2.37 bits per heavy atom. The average Bonchev–Trinajstić information content (AvgIpc) is 3.03. The molecular formula is C20H20BrN3O3. The number of nitrogens with one attached hydrogen (secondary N) is 1. The van der Waals surface area contributed by atoms with Crippen molar-refractivity contribution >= 4 is 21.8 Å². The fourth-order valence-electron chi connectivity index (χ4n) is 2.49. The molecule has 2 aromatic carbocycles. The third kappa shape index (κ3) is 4.89. The van der Waals surface area contributed by atoms with Crippen molar-refractivity contribution in [2.75, 3.05) is 7.11 Å². The molecule has 0 aliphatic carbocycles. The quantitative estimate of drug-likeness (QED) is 0.621. The van der Waals surface area contributed by atoms with Gasteiger partial charge in [0, 0.05) is 12.6 Å². The fourth-order valence-corrected chi connectivity index (χ4v) is 2.98. The van der Waals surface area contributed by atoms with E-state index >= 15 is 0 Å². The first-order chi connectivity index (χ1) is 13.1. The molecule has 1 amide bonds. The lowest BCUT2D eigenvalue weighted by Crippen LogP contribution is -2.24. The van der Waals surface area contributed by atoms with Gasteiger partial charge in [-0.1, -0.05) is 12.1 Å². The molecule has 3 rings (SSSR count). The summed E-state index contributed by atoms with van der Waals surface area (Å²) >= 11 is 3.42. The summed E-state index contributed by atoms with van der Waals surface area (Å²) < 4.78 is 13.5. The van der Waals surface area contributed by atoms with Crippen LogP contribution in [-0.4, -0.2) is 22.8 Å². The molecule has 140 valence electrons. The summed E-state index contributed by atoms with van der Waals surface area (Å²) in [6, 6.07) is 14.8. The zero-order valence-electron chi connectivity index (χ0n) is 15.1. The van der Waals surface area contributed by atoms with Gasteiger partial charge < -0.3 is 14.8 Å².